The van der Waals surface area contributed by atoms with Gasteiger partial charge in [-0.15, -0.1) is 0 Å². The van der Waals surface area contributed by atoms with E-state index in [0.717, 1.165) is 54.8 Å². The molecular weight excluding hydrogens is 332 g/mol. The molecule has 1 N–H and O–H groups in total. The molecule has 0 aliphatic rings. The molecule has 0 bridgehead atoms. The number of hydrogen-bond acceptors (Lipinski definition) is 4. The van der Waals surface area contributed by atoms with E-state index in [-0.39, 0.29) is 0 Å². The van der Waals surface area contributed by atoms with Crippen molar-refractivity contribution in [2.75, 3.05) is 5.43 Å². The van der Waals surface area contributed by atoms with Crippen molar-refractivity contribution < 1.29 is 0 Å². The maximum atomic E-state index is 4.65. The summed E-state index contributed by atoms with van der Waals surface area (Å²) in [6.07, 6.45) is 6.43. The third kappa shape index (κ3) is 7.12. The van der Waals surface area contributed by atoms with Crippen molar-refractivity contribution in [3.63, 3.8) is 0 Å². The van der Waals surface area contributed by atoms with Crippen LogP contribution in [0.1, 0.15) is 76.4 Å². The fourth-order valence-electron chi connectivity index (χ4n) is 3.07. The van der Waals surface area contributed by atoms with Crippen molar-refractivity contribution in [2.45, 2.75) is 73.1 Å². The van der Waals surface area contributed by atoms with Crippen molar-refractivity contribution >= 4 is 11.7 Å². The number of benzene rings is 1. The molecule has 4 nitrogen and oxygen atoms in total. The molecule has 0 unspecified atom stereocenters. The number of rotatable bonds is 10. The summed E-state index contributed by atoms with van der Waals surface area (Å²) in [5.41, 5.74) is 8.70. The summed E-state index contributed by atoms with van der Waals surface area (Å²) in [4.78, 5) is 9.27. The Morgan fingerprint density at radius 3 is 2.44 bits per heavy atom. The lowest BCUT2D eigenvalue weighted by Crippen LogP contribution is -2.06. The first-order valence-corrected chi connectivity index (χ1v) is 10.3. The van der Waals surface area contributed by atoms with Gasteiger partial charge in [-0.25, -0.2) is 15.4 Å². The first kappa shape index (κ1) is 21.1. The van der Waals surface area contributed by atoms with Gasteiger partial charge in [-0.2, -0.15) is 5.10 Å². The molecule has 1 aromatic heterocycles. The molecule has 4 heteroatoms. The Kier molecular flexibility index (Phi) is 8.43. The molecule has 1 aromatic carbocycles. The number of hydrazone groups is 1. The first-order valence-electron chi connectivity index (χ1n) is 10.3. The standard InChI is InChI=1S/C23H34N4/c1-6-8-13-22-16-21(10-7-2)24-23(25-22)27-26-18(5)20-12-9-11-19(15-20)14-17(3)4/h9,11-12,15-17H,6-8,10,13-14H2,1-5H3,(H,24,25,27). The highest BCUT2D eigenvalue weighted by atomic mass is 15.4. The zero-order valence-electron chi connectivity index (χ0n) is 17.5. The fraction of sp³-hybridized carbons (Fsp3) is 0.522. The summed E-state index contributed by atoms with van der Waals surface area (Å²) >= 11 is 0. The first-order chi connectivity index (χ1) is 13.0. The van der Waals surface area contributed by atoms with E-state index >= 15 is 0 Å². The maximum absolute atomic E-state index is 4.65. The number of anilines is 1. The lowest BCUT2D eigenvalue weighted by Gasteiger charge is -2.09. The van der Waals surface area contributed by atoms with Gasteiger partial charge in [0, 0.05) is 11.4 Å². The van der Waals surface area contributed by atoms with Crippen LogP contribution in [-0.2, 0) is 19.3 Å². The molecule has 146 valence electrons. The summed E-state index contributed by atoms with van der Waals surface area (Å²) < 4.78 is 0. The zero-order valence-corrected chi connectivity index (χ0v) is 17.5. The minimum absolute atomic E-state index is 0.602. The molecule has 27 heavy (non-hydrogen) atoms. The van der Waals surface area contributed by atoms with Crippen LogP contribution < -0.4 is 5.43 Å². The van der Waals surface area contributed by atoms with Gasteiger partial charge in [0.1, 0.15) is 0 Å². The number of hydrogen-bond donors (Lipinski definition) is 1. The molecule has 2 rings (SSSR count). The quantitative estimate of drug-likeness (QED) is 0.426. The van der Waals surface area contributed by atoms with E-state index in [1.54, 1.807) is 0 Å². The van der Waals surface area contributed by atoms with Crippen LogP contribution in [0, 0.1) is 5.92 Å². The van der Waals surface area contributed by atoms with Crippen LogP contribution in [0.25, 0.3) is 0 Å². The molecule has 0 aliphatic carbocycles. The van der Waals surface area contributed by atoms with E-state index in [1.807, 2.05) is 6.92 Å². The van der Waals surface area contributed by atoms with Crippen LogP contribution in [0.3, 0.4) is 0 Å². The van der Waals surface area contributed by atoms with Gasteiger partial charge in [0.2, 0.25) is 5.95 Å². The molecule has 0 amide bonds. The molecule has 0 fully saturated rings. The SMILES string of the molecule is CCCCc1cc(CCC)nc(NN=C(C)c2cccc(CC(C)C)c2)n1. The average Bonchev–Trinajstić information content (AvgIpc) is 2.64. The summed E-state index contributed by atoms with van der Waals surface area (Å²) in [5.74, 6) is 1.25. The van der Waals surface area contributed by atoms with Crippen molar-refractivity contribution in [2.24, 2.45) is 11.0 Å². The smallest absolute Gasteiger partial charge is 0.243 e. The van der Waals surface area contributed by atoms with Crippen LogP contribution in [0.15, 0.2) is 35.4 Å². The summed E-state index contributed by atoms with van der Waals surface area (Å²) in [5, 5.41) is 4.55. The Hall–Kier alpha value is -2.23. The predicted octanol–water partition coefficient (Wildman–Crippen LogP) is 5.81. The van der Waals surface area contributed by atoms with E-state index in [4.69, 9.17) is 0 Å². The average molecular weight is 367 g/mol. The maximum Gasteiger partial charge on any atom is 0.243 e. The number of nitrogens with zero attached hydrogens (tertiary/aromatic N) is 3. The Bertz CT molecular complexity index is 750. The largest absolute Gasteiger partial charge is 0.245 e. The van der Waals surface area contributed by atoms with Crippen molar-refractivity contribution in [1.29, 1.82) is 0 Å². The second-order valence-corrected chi connectivity index (χ2v) is 7.64. The molecule has 2 aromatic rings. The number of aromatic nitrogens is 2. The van der Waals surface area contributed by atoms with Crippen LogP contribution in [0.2, 0.25) is 0 Å². The van der Waals surface area contributed by atoms with Crippen LogP contribution in [0.4, 0.5) is 5.95 Å². The second-order valence-electron chi connectivity index (χ2n) is 7.64. The highest BCUT2D eigenvalue weighted by molar-refractivity contribution is 5.99. The van der Waals surface area contributed by atoms with E-state index < -0.39 is 0 Å². The van der Waals surface area contributed by atoms with Crippen LogP contribution in [0.5, 0.6) is 0 Å². The molecule has 0 spiro atoms. The second kappa shape index (κ2) is 10.8. The van der Waals surface area contributed by atoms with Crippen molar-refractivity contribution in [3.05, 3.63) is 52.8 Å². The van der Waals surface area contributed by atoms with Crippen molar-refractivity contribution in [1.82, 2.24) is 9.97 Å². The number of unbranched alkanes of at least 4 members (excludes halogenated alkanes) is 1. The van der Waals surface area contributed by atoms with Gasteiger partial charge in [0.15, 0.2) is 0 Å². The molecule has 1 heterocycles. The molecular formula is C23H34N4. The molecule has 0 aliphatic heterocycles. The van der Waals surface area contributed by atoms with Gasteiger partial charge >= 0.3 is 0 Å². The predicted molar refractivity (Wildman–Crippen MR) is 115 cm³/mol. The normalized spacial score (nSPS) is 11.9. The lowest BCUT2D eigenvalue weighted by atomic mass is 10.00. The minimum atomic E-state index is 0.602. The lowest BCUT2D eigenvalue weighted by molar-refractivity contribution is 0.647. The number of nitrogens with one attached hydrogen (secondary N) is 1. The fourth-order valence-corrected chi connectivity index (χ4v) is 3.07. The molecule has 0 saturated heterocycles. The van der Waals surface area contributed by atoms with Gasteiger partial charge in [-0.1, -0.05) is 58.7 Å². The monoisotopic (exact) mass is 366 g/mol. The Morgan fingerprint density at radius 2 is 1.78 bits per heavy atom. The summed E-state index contributed by atoms with van der Waals surface area (Å²) in [6, 6.07) is 10.7. The Balaban J connectivity index is 2.16. The zero-order chi connectivity index (χ0) is 19.6. The third-order valence-electron chi connectivity index (χ3n) is 4.44. The van der Waals surface area contributed by atoms with Gasteiger partial charge in [-0.05, 0) is 61.8 Å². The Labute approximate surface area is 164 Å². The summed E-state index contributed by atoms with van der Waals surface area (Å²) in [7, 11) is 0. The van der Waals surface area contributed by atoms with Gasteiger partial charge < -0.3 is 0 Å². The molecule has 0 radical (unpaired) electrons. The molecule has 0 saturated carbocycles. The highest BCUT2D eigenvalue weighted by Gasteiger charge is 2.06. The molecule has 0 atom stereocenters. The van der Waals surface area contributed by atoms with Crippen LogP contribution in [-0.4, -0.2) is 15.7 Å². The number of aryl methyl sites for hydroxylation is 2. The van der Waals surface area contributed by atoms with Gasteiger partial charge in [0.25, 0.3) is 0 Å². The minimum Gasteiger partial charge on any atom is -0.245 e. The van der Waals surface area contributed by atoms with Gasteiger partial charge in [0.05, 0.1) is 5.71 Å². The van der Waals surface area contributed by atoms with Crippen molar-refractivity contribution in [3.8, 4) is 0 Å². The van der Waals surface area contributed by atoms with E-state index in [2.05, 4.69) is 78.5 Å². The van der Waals surface area contributed by atoms with Crippen LogP contribution >= 0.6 is 0 Å². The Morgan fingerprint density at radius 1 is 1.04 bits per heavy atom. The van der Waals surface area contributed by atoms with E-state index in [0.29, 0.717) is 11.9 Å². The van der Waals surface area contributed by atoms with Gasteiger partial charge in [-0.3, -0.25) is 0 Å². The topological polar surface area (TPSA) is 50.2 Å². The highest BCUT2D eigenvalue weighted by Crippen LogP contribution is 2.13. The summed E-state index contributed by atoms with van der Waals surface area (Å²) in [6.45, 7) is 10.9. The third-order valence-corrected chi connectivity index (χ3v) is 4.44. The van der Waals surface area contributed by atoms with E-state index in [9.17, 15) is 0 Å². The van der Waals surface area contributed by atoms with E-state index in [1.165, 1.54) is 12.0 Å².